The van der Waals surface area contributed by atoms with Crippen LogP contribution in [0.1, 0.15) is 13.8 Å². The molecular formula is C15H15ClN2O6S2. The Bertz CT molecular complexity index is 1050. The summed E-state index contributed by atoms with van der Waals surface area (Å²) in [4.78, 5) is 38.8. The van der Waals surface area contributed by atoms with Crippen molar-refractivity contribution >= 4 is 60.0 Å². The predicted molar refractivity (Wildman–Crippen MR) is 96.5 cm³/mol. The quantitative estimate of drug-likeness (QED) is 0.676. The van der Waals surface area contributed by atoms with Gasteiger partial charge in [0.2, 0.25) is 15.0 Å². The zero-order chi connectivity index (χ0) is 19.5. The van der Waals surface area contributed by atoms with Gasteiger partial charge in [-0.25, -0.2) is 8.42 Å². The summed E-state index contributed by atoms with van der Waals surface area (Å²) in [7, 11) is -4.20. The highest BCUT2D eigenvalue weighted by molar-refractivity contribution is 8.06. The lowest BCUT2D eigenvalue weighted by Gasteiger charge is -2.05. The number of esters is 1. The number of ether oxygens (including phenoxy) is 1. The number of halogens is 1. The van der Waals surface area contributed by atoms with E-state index in [1.807, 2.05) is 0 Å². The van der Waals surface area contributed by atoms with Crippen molar-refractivity contribution in [3.05, 3.63) is 28.0 Å². The molecule has 26 heavy (non-hydrogen) atoms. The molecule has 140 valence electrons. The Labute approximate surface area is 158 Å². The van der Waals surface area contributed by atoms with Gasteiger partial charge in [0.15, 0.2) is 4.80 Å². The van der Waals surface area contributed by atoms with Crippen molar-refractivity contribution in [3.8, 4) is 0 Å². The third-order valence-electron chi connectivity index (χ3n) is 3.21. The molecule has 0 bridgehead atoms. The number of hydrogen-bond donors (Lipinski definition) is 0. The Morgan fingerprint density at radius 3 is 2.62 bits per heavy atom. The van der Waals surface area contributed by atoms with Gasteiger partial charge in [-0.15, -0.1) is 0 Å². The fourth-order valence-electron chi connectivity index (χ4n) is 2.02. The van der Waals surface area contributed by atoms with Crippen molar-refractivity contribution in [2.75, 3.05) is 12.4 Å². The number of rotatable bonds is 5. The van der Waals surface area contributed by atoms with Gasteiger partial charge < -0.3 is 9.30 Å². The average Bonchev–Trinajstić information content (AvgIpc) is 2.83. The summed E-state index contributed by atoms with van der Waals surface area (Å²) in [5.74, 6) is -2.57. The van der Waals surface area contributed by atoms with Crippen LogP contribution in [0.4, 0.5) is 0 Å². The highest BCUT2D eigenvalue weighted by atomic mass is 35.5. The van der Waals surface area contributed by atoms with E-state index in [2.05, 4.69) is 4.99 Å². The summed E-state index contributed by atoms with van der Waals surface area (Å²) in [6.45, 7) is 2.51. The van der Waals surface area contributed by atoms with Gasteiger partial charge in [0.05, 0.1) is 16.8 Å². The average molecular weight is 419 g/mol. The minimum Gasteiger partial charge on any atom is -0.465 e. The lowest BCUT2D eigenvalue weighted by atomic mass is 10.3. The predicted octanol–water partition coefficient (Wildman–Crippen LogP) is 1.31. The molecule has 2 rings (SSSR count). The molecule has 1 aromatic heterocycles. The van der Waals surface area contributed by atoms with Crippen LogP contribution in [0.3, 0.4) is 0 Å². The summed E-state index contributed by atoms with van der Waals surface area (Å²) in [6.07, 6.45) is 0. The van der Waals surface area contributed by atoms with Crippen LogP contribution < -0.4 is 4.80 Å². The molecular weight excluding hydrogens is 404 g/mol. The highest BCUT2D eigenvalue weighted by Crippen LogP contribution is 2.22. The van der Waals surface area contributed by atoms with Crippen molar-refractivity contribution in [2.45, 2.75) is 20.4 Å². The third-order valence-corrected chi connectivity index (χ3v) is 5.99. The molecule has 0 saturated heterocycles. The van der Waals surface area contributed by atoms with Gasteiger partial charge in [0.1, 0.15) is 12.3 Å². The molecule has 2 aromatic rings. The second-order valence-corrected chi connectivity index (χ2v) is 8.68. The minimum absolute atomic E-state index is 0.110. The number of carbonyl (C=O) groups is 3. The molecule has 0 aliphatic rings. The van der Waals surface area contributed by atoms with E-state index >= 15 is 0 Å². The molecule has 0 aliphatic heterocycles. The molecule has 0 spiro atoms. The van der Waals surface area contributed by atoms with Crippen molar-refractivity contribution in [1.29, 1.82) is 0 Å². The number of carbonyl (C=O) groups excluding carboxylic acids is 3. The minimum atomic E-state index is -4.20. The lowest BCUT2D eigenvalue weighted by Crippen LogP contribution is -2.26. The van der Waals surface area contributed by atoms with Crippen molar-refractivity contribution < 1.29 is 27.5 Å². The van der Waals surface area contributed by atoms with Crippen LogP contribution in [0, 0.1) is 0 Å². The zero-order valence-corrected chi connectivity index (χ0v) is 16.3. The van der Waals surface area contributed by atoms with Crippen LogP contribution in [-0.4, -0.2) is 42.3 Å². The van der Waals surface area contributed by atoms with E-state index < -0.39 is 32.6 Å². The maximum Gasteiger partial charge on any atom is 0.326 e. The van der Waals surface area contributed by atoms with E-state index in [-0.39, 0.29) is 18.0 Å². The number of nitrogens with zero attached hydrogens (tertiary/aromatic N) is 2. The largest absolute Gasteiger partial charge is 0.465 e. The Morgan fingerprint density at radius 2 is 2.00 bits per heavy atom. The van der Waals surface area contributed by atoms with Crippen LogP contribution in [-0.2, 0) is 35.5 Å². The van der Waals surface area contributed by atoms with Gasteiger partial charge in [-0.3, -0.25) is 14.4 Å². The van der Waals surface area contributed by atoms with Crippen molar-refractivity contribution in [3.63, 3.8) is 0 Å². The van der Waals surface area contributed by atoms with E-state index in [1.54, 1.807) is 25.1 Å². The molecule has 0 radical (unpaired) electrons. The summed E-state index contributed by atoms with van der Waals surface area (Å²) >= 11 is 7.02. The van der Waals surface area contributed by atoms with Gasteiger partial charge in [-0.05, 0) is 25.1 Å². The normalized spacial score (nSPS) is 12.3. The maximum atomic E-state index is 12.0. The summed E-state index contributed by atoms with van der Waals surface area (Å²) in [6, 6.07) is 4.91. The van der Waals surface area contributed by atoms with E-state index in [1.165, 1.54) is 4.57 Å². The number of hydrogen-bond acceptors (Lipinski definition) is 7. The smallest absolute Gasteiger partial charge is 0.326 e. The first kappa shape index (κ1) is 20.3. The summed E-state index contributed by atoms with van der Waals surface area (Å²) in [5.41, 5.74) is 0.591. The van der Waals surface area contributed by atoms with Gasteiger partial charge in [-0.1, -0.05) is 22.9 Å². The molecule has 0 atom stereocenters. The molecule has 0 saturated carbocycles. The number of thiazole rings is 1. The summed E-state index contributed by atoms with van der Waals surface area (Å²) < 4.78 is 30.1. The summed E-state index contributed by atoms with van der Waals surface area (Å²) in [5, 5.41) is -0.650. The Hall–Kier alpha value is -2.04. The lowest BCUT2D eigenvalue weighted by molar-refractivity contribution is -0.143. The Kier molecular flexibility index (Phi) is 6.32. The monoisotopic (exact) mass is 418 g/mol. The maximum absolute atomic E-state index is 12.0. The van der Waals surface area contributed by atoms with Crippen LogP contribution in [0.5, 0.6) is 0 Å². The number of benzene rings is 1. The molecule has 11 heteroatoms. The van der Waals surface area contributed by atoms with Crippen LogP contribution >= 0.6 is 22.9 Å². The van der Waals surface area contributed by atoms with Crippen LogP contribution in [0.25, 0.3) is 10.2 Å². The number of amides is 1. The number of aromatic nitrogens is 1. The number of sulfone groups is 1. The first-order valence-corrected chi connectivity index (χ1v) is 10.2. The van der Waals surface area contributed by atoms with E-state index in [9.17, 15) is 22.8 Å². The van der Waals surface area contributed by atoms with E-state index in [0.717, 1.165) is 18.3 Å². The molecule has 0 aliphatic carbocycles. The van der Waals surface area contributed by atoms with Crippen molar-refractivity contribution in [2.24, 2.45) is 4.99 Å². The van der Waals surface area contributed by atoms with E-state index in [4.69, 9.17) is 16.3 Å². The second-order valence-electron chi connectivity index (χ2n) is 5.14. The topological polar surface area (TPSA) is 112 Å². The highest BCUT2D eigenvalue weighted by Gasteiger charge is 2.22. The Balaban J connectivity index is 2.52. The number of fused-ring (bicyclic) bond motifs is 1. The van der Waals surface area contributed by atoms with E-state index in [0.29, 0.717) is 15.2 Å². The standard InChI is InChI=1S/C15H15ClN2O6S2/c1-3-24-14(21)7-18-11-5-4-10(16)6-12(11)25-15(18)17-13(20)8-26(22,23)9(2)19/h4-6H,3,7-8H2,1-2H3. The molecule has 0 unspecified atom stereocenters. The van der Waals surface area contributed by atoms with Gasteiger partial charge >= 0.3 is 5.97 Å². The van der Waals surface area contributed by atoms with Crippen LogP contribution in [0.2, 0.25) is 5.02 Å². The molecule has 8 nitrogen and oxygen atoms in total. The van der Waals surface area contributed by atoms with Crippen LogP contribution in [0.15, 0.2) is 23.2 Å². The molecule has 1 aromatic carbocycles. The fraction of sp³-hybridized carbons (Fsp3) is 0.333. The third kappa shape index (κ3) is 4.77. The van der Waals surface area contributed by atoms with Gasteiger partial charge in [-0.2, -0.15) is 4.99 Å². The van der Waals surface area contributed by atoms with Gasteiger partial charge in [0, 0.05) is 11.9 Å². The SMILES string of the molecule is CCOC(=O)Cn1c(=NC(=O)CS(=O)(=O)C(C)=O)sc2cc(Cl)ccc21. The van der Waals surface area contributed by atoms with Gasteiger partial charge in [0.25, 0.3) is 5.91 Å². The molecule has 0 N–H and O–H groups in total. The fourth-order valence-corrected chi connectivity index (χ4v) is 3.94. The van der Waals surface area contributed by atoms with Crippen molar-refractivity contribution in [1.82, 2.24) is 4.57 Å². The molecule has 0 fully saturated rings. The molecule has 1 amide bonds. The Morgan fingerprint density at radius 1 is 1.31 bits per heavy atom. The first-order chi connectivity index (χ1) is 12.1. The first-order valence-electron chi connectivity index (χ1n) is 7.39. The second kappa shape index (κ2) is 8.11. The molecule has 1 heterocycles. The zero-order valence-electron chi connectivity index (χ0n) is 13.9.